The van der Waals surface area contributed by atoms with Crippen LogP contribution in [0.2, 0.25) is 0 Å². The molecule has 0 aromatic heterocycles. The lowest BCUT2D eigenvalue weighted by Gasteiger charge is -2.34. The van der Waals surface area contributed by atoms with Gasteiger partial charge in [0.15, 0.2) is 0 Å². The van der Waals surface area contributed by atoms with Crippen molar-refractivity contribution in [3.63, 3.8) is 0 Å². The van der Waals surface area contributed by atoms with E-state index in [0.29, 0.717) is 24.9 Å². The maximum atomic E-state index is 14.5. The van der Waals surface area contributed by atoms with Crippen molar-refractivity contribution < 1.29 is 18.8 Å². The van der Waals surface area contributed by atoms with Crippen LogP contribution in [-0.4, -0.2) is 72.8 Å². The highest BCUT2D eigenvalue weighted by Crippen LogP contribution is 2.22. The summed E-state index contributed by atoms with van der Waals surface area (Å²) >= 11 is 0. The van der Waals surface area contributed by atoms with E-state index in [2.05, 4.69) is 10.6 Å². The van der Waals surface area contributed by atoms with Crippen molar-refractivity contribution >= 4 is 17.7 Å². The average molecular weight is 677 g/mol. The molecule has 4 rings (SSSR count). The molecule has 3 amide bonds. The molecule has 7 nitrogen and oxygen atoms in total. The summed E-state index contributed by atoms with van der Waals surface area (Å²) in [6.45, 7) is 4.46. The smallest absolute Gasteiger partial charge is 0.246 e. The summed E-state index contributed by atoms with van der Waals surface area (Å²) in [5.41, 5.74) is 4.58. The first-order chi connectivity index (χ1) is 24.0. The zero-order valence-electron chi connectivity index (χ0n) is 29.7. The quantitative estimate of drug-likeness (QED) is 0.138. The highest BCUT2D eigenvalue weighted by molar-refractivity contribution is 5.95. The number of likely N-dealkylation sites (N-methyl/N-ethyl adjacent to an activating group) is 2. The van der Waals surface area contributed by atoms with E-state index in [1.807, 2.05) is 112 Å². The number of hydrogen-bond donors (Lipinski definition) is 2. The molecule has 50 heavy (non-hydrogen) atoms. The number of benzene rings is 4. The SMILES string of the molecule is CNC(C)(C)CC=CC(=O)N(C)[C@H](Cc1ccc(-c2ccccc2)cc1)C(=O)N(C)[C@H](Cc1ccc(F)cc1)C(=O)NCCc1ccccc1. The van der Waals surface area contributed by atoms with Gasteiger partial charge in [0, 0.05) is 39.0 Å². The summed E-state index contributed by atoms with van der Waals surface area (Å²) in [5.74, 6) is -1.39. The first-order valence-electron chi connectivity index (χ1n) is 17.1. The number of nitrogens with one attached hydrogen (secondary N) is 2. The second-order valence-electron chi connectivity index (χ2n) is 13.3. The van der Waals surface area contributed by atoms with Crippen molar-refractivity contribution in [2.75, 3.05) is 27.7 Å². The van der Waals surface area contributed by atoms with Crippen LogP contribution in [0.15, 0.2) is 121 Å². The summed E-state index contributed by atoms with van der Waals surface area (Å²) in [6.07, 6.45) is 4.98. The van der Waals surface area contributed by atoms with E-state index in [9.17, 15) is 18.8 Å². The van der Waals surface area contributed by atoms with Gasteiger partial charge < -0.3 is 20.4 Å². The van der Waals surface area contributed by atoms with E-state index >= 15 is 0 Å². The van der Waals surface area contributed by atoms with Gasteiger partial charge in [-0.05, 0) is 79.8 Å². The van der Waals surface area contributed by atoms with Gasteiger partial charge in [0.25, 0.3) is 0 Å². The molecule has 0 saturated carbocycles. The third kappa shape index (κ3) is 11.0. The molecule has 0 aliphatic rings. The van der Waals surface area contributed by atoms with Crippen molar-refractivity contribution in [3.05, 3.63) is 144 Å². The molecule has 262 valence electrons. The molecule has 0 spiro atoms. The van der Waals surface area contributed by atoms with Gasteiger partial charge in [-0.2, -0.15) is 0 Å². The van der Waals surface area contributed by atoms with E-state index in [-0.39, 0.29) is 41.9 Å². The molecule has 0 heterocycles. The Morgan fingerprint density at radius 1 is 0.720 bits per heavy atom. The Morgan fingerprint density at radius 3 is 1.86 bits per heavy atom. The average Bonchev–Trinajstić information content (AvgIpc) is 3.13. The summed E-state index contributed by atoms with van der Waals surface area (Å²) in [4.78, 5) is 44.7. The fraction of sp³-hybridized carbons (Fsp3) is 0.310. The van der Waals surface area contributed by atoms with Gasteiger partial charge in [-0.1, -0.05) is 103 Å². The molecule has 0 aliphatic heterocycles. The highest BCUT2D eigenvalue weighted by Gasteiger charge is 2.35. The van der Waals surface area contributed by atoms with Gasteiger partial charge in [-0.25, -0.2) is 4.39 Å². The Balaban J connectivity index is 1.60. The van der Waals surface area contributed by atoms with Crippen LogP contribution in [0.25, 0.3) is 11.1 Å². The van der Waals surface area contributed by atoms with Crippen molar-refractivity contribution in [3.8, 4) is 11.1 Å². The summed E-state index contributed by atoms with van der Waals surface area (Å²) in [7, 11) is 5.09. The predicted molar refractivity (Wildman–Crippen MR) is 199 cm³/mol. The van der Waals surface area contributed by atoms with Gasteiger partial charge in [0.1, 0.15) is 17.9 Å². The highest BCUT2D eigenvalue weighted by atomic mass is 19.1. The Bertz CT molecular complexity index is 1710. The second-order valence-corrected chi connectivity index (χ2v) is 13.3. The maximum absolute atomic E-state index is 14.5. The van der Waals surface area contributed by atoms with Crippen LogP contribution < -0.4 is 10.6 Å². The van der Waals surface area contributed by atoms with Crippen LogP contribution in [-0.2, 0) is 33.6 Å². The second kappa shape index (κ2) is 18.1. The molecule has 0 fully saturated rings. The number of amides is 3. The molecule has 2 N–H and O–H groups in total. The third-order valence-corrected chi connectivity index (χ3v) is 9.17. The van der Waals surface area contributed by atoms with E-state index in [4.69, 9.17) is 0 Å². The van der Waals surface area contributed by atoms with Crippen molar-refractivity contribution in [1.29, 1.82) is 0 Å². The van der Waals surface area contributed by atoms with E-state index < -0.39 is 12.1 Å². The largest absolute Gasteiger partial charge is 0.354 e. The van der Waals surface area contributed by atoms with Crippen LogP contribution in [0.3, 0.4) is 0 Å². The fourth-order valence-electron chi connectivity index (χ4n) is 5.64. The zero-order chi connectivity index (χ0) is 36.1. The molecule has 4 aromatic carbocycles. The number of halogens is 1. The third-order valence-electron chi connectivity index (χ3n) is 9.17. The predicted octanol–water partition coefficient (Wildman–Crippen LogP) is 6.24. The van der Waals surface area contributed by atoms with Crippen LogP contribution >= 0.6 is 0 Å². The lowest BCUT2D eigenvalue weighted by Crippen LogP contribution is -2.56. The molecule has 2 atom stereocenters. The molecular formula is C42H49FN4O3. The van der Waals surface area contributed by atoms with Crippen LogP contribution in [0, 0.1) is 5.82 Å². The number of nitrogens with zero attached hydrogens (tertiary/aromatic N) is 2. The number of hydrogen-bond acceptors (Lipinski definition) is 4. The minimum Gasteiger partial charge on any atom is -0.354 e. The molecule has 4 aromatic rings. The Hall–Kier alpha value is -5.08. The molecular weight excluding hydrogens is 627 g/mol. The van der Waals surface area contributed by atoms with Crippen LogP contribution in [0.1, 0.15) is 37.0 Å². The van der Waals surface area contributed by atoms with Gasteiger partial charge in [-0.15, -0.1) is 0 Å². The van der Waals surface area contributed by atoms with Crippen molar-refractivity contribution in [1.82, 2.24) is 20.4 Å². The molecule has 0 bridgehead atoms. The zero-order valence-corrected chi connectivity index (χ0v) is 29.7. The van der Waals surface area contributed by atoms with E-state index in [1.54, 1.807) is 26.2 Å². The van der Waals surface area contributed by atoms with E-state index in [1.165, 1.54) is 28.0 Å². The van der Waals surface area contributed by atoms with Crippen molar-refractivity contribution in [2.45, 2.75) is 57.2 Å². The Labute approximate surface area is 296 Å². The van der Waals surface area contributed by atoms with Crippen LogP contribution in [0.5, 0.6) is 0 Å². The molecule has 0 radical (unpaired) electrons. The summed E-state index contributed by atoms with van der Waals surface area (Å²) < 4.78 is 13.8. The van der Waals surface area contributed by atoms with E-state index in [0.717, 1.165) is 22.3 Å². The molecule has 0 saturated heterocycles. The Kier molecular flexibility index (Phi) is 13.6. The number of rotatable bonds is 16. The number of carbonyl (C=O) groups is 3. The molecule has 0 aliphatic carbocycles. The monoisotopic (exact) mass is 676 g/mol. The van der Waals surface area contributed by atoms with Gasteiger partial charge in [-0.3, -0.25) is 14.4 Å². The van der Waals surface area contributed by atoms with Gasteiger partial charge in [0.05, 0.1) is 0 Å². The first kappa shape index (κ1) is 37.7. The molecule has 8 heteroatoms. The minimum atomic E-state index is -0.901. The van der Waals surface area contributed by atoms with Crippen LogP contribution in [0.4, 0.5) is 4.39 Å². The lowest BCUT2D eigenvalue weighted by atomic mass is 9.98. The normalized spacial score (nSPS) is 12.7. The lowest BCUT2D eigenvalue weighted by molar-refractivity contribution is -0.146. The van der Waals surface area contributed by atoms with Gasteiger partial charge >= 0.3 is 0 Å². The summed E-state index contributed by atoms with van der Waals surface area (Å²) in [5, 5.41) is 6.23. The van der Waals surface area contributed by atoms with Crippen molar-refractivity contribution in [2.24, 2.45) is 0 Å². The number of carbonyl (C=O) groups excluding carboxylic acids is 3. The topological polar surface area (TPSA) is 81.8 Å². The minimum absolute atomic E-state index is 0.175. The standard InChI is InChI=1S/C42H49FN4O3/c1-42(2,44-3)27-12-17-39(48)46(4)38(30-32-18-22-35(23-19-32)34-15-10-7-11-16-34)41(50)47(5)37(29-33-20-24-36(43)25-21-33)40(49)45-28-26-31-13-8-6-9-14-31/h6-25,37-38,44H,26-30H2,1-5H3,(H,45,49)/t37-,38-/m1/s1. The Morgan fingerprint density at radius 2 is 1.26 bits per heavy atom. The summed E-state index contributed by atoms with van der Waals surface area (Å²) in [6, 6.07) is 31.9. The molecule has 0 unspecified atom stereocenters. The maximum Gasteiger partial charge on any atom is 0.246 e. The first-order valence-corrected chi connectivity index (χ1v) is 17.1. The van der Waals surface area contributed by atoms with Gasteiger partial charge in [0.2, 0.25) is 17.7 Å². The fourth-order valence-corrected chi connectivity index (χ4v) is 5.64.